The quantitative estimate of drug-likeness (QED) is 0.163. The Hall–Kier alpha value is -4.08. The Morgan fingerprint density at radius 2 is 1.76 bits per heavy atom. The SMILES string of the molecule is CCOCC.Nc1nc(-c2cnc(NCCCO)nc2)nc2ccc(-c3cccc(NS(=O)(=O)CCCF)c3F)nc12. The molecule has 0 unspecified atom stereocenters. The topological polar surface area (TPSA) is 178 Å². The van der Waals surface area contributed by atoms with Crippen LogP contribution in [0.25, 0.3) is 33.7 Å². The average Bonchev–Trinajstić information content (AvgIpc) is 2.98. The van der Waals surface area contributed by atoms with Crippen molar-refractivity contribution >= 4 is 38.5 Å². The van der Waals surface area contributed by atoms with Crippen molar-refractivity contribution in [2.24, 2.45) is 0 Å². The zero-order chi connectivity index (χ0) is 30.5. The lowest BCUT2D eigenvalue weighted by molar-refractivity contribution is 0.162. The maximum atomic E-state index is 15.2. The van der Waals surface area contributed by atoms with Crippen molar-refractivity contribution in [2.45, 2.75) is 26.7 Å². The molecular weight excluding hydrogens is 570 g/mol. The molecule has 3 heterocycles. The molecule has 0 bridgehead atoms. The number of rotatable bonds is 13. The Bertz CT molecular complexity index is 1560. The molecule has 0 aliphatic rings. The first-order chi connectivity index (χ1) is 20.2. The first-order valence-electron chi connectivity index (χ1n) is 13.3. The number of aliphatic hydroxyl groups excluding tert-OH is 1. The molecule has 0 spiro atoms. The van der Waals surface area contributed by atoms with Gasteiger partial charge in [0.2, 0.25) is 16.0 Å². The molecule has 0 radical (unpaired) electrons. The predicted octanol–water partition coefficient (Wildman–Crippen LogP) is 3.81. The number of nitrogens with two attached hydrogens (primary N) is 1. The zero-order valence-electron chi connectivity index (χ0n) is 23.3. The number of pyridine rings is 1. The van der Waals surface area contributed by atoms with Crippen LogP contribution in [0.5, 0.6) is 0 Å². The van der Waals surface area contributed by atoms with Gasteiger partial charge in [-0.2, -0.15) is 0 Å². The number of hydrogen-bond acceptors (Lipinski definition) is 11. The van der Waals surface area contributed by atoms with E-state index in [-0.39, 0.29) is 47.1 Å². The van der Waals surface area contributed by atoms with E-state index < -0.39 is 28.3 Å². The molecule has 42 heavy (non-hydrogen) atoms. The first kappa shape index (κ1) is 32.4. The molecule has 0 aliphatic carbocycles. The number of alkyl halides is 1. The van der Waals surface area contributed by atoms with Crippen molar-refractivity contribution in [1.82, 2.24) is 24.9 Å². The minimum Gasteiger partial charge on any atom is -0.396 e. The third kappa shape index (κ3) is 8.96. The van der Waals surface area contributed by atoms with Crippen molar-refractivity contribution in [2.75, 3.05) is 54.6 Å². The van der Waals surface area contributed by atoms with Gasteiger partial charge in [-0.1, -0.05) is 6.07 Å². The van der Waals surface area contributed by atoms with Crippen LogP contribution in [0.4, 0.5) is 26.2 Å². The van der Waals surface area contributed by atoms with E-state index >= 15 is 4.39 Å². The number of fused-ring (bicyclic) bond motifs is 1. The number of nitrogens with one attached hydrogen (secondary N) is 2. The molecule has 5 N–H and O–H groups in total. The summed E-state index contributed by atoms with van der Waals surface area (Å²) in [5.74, 6) is -0.579. The van der Waals surface area contributed by atoms with Gasteiger partial charge >= 0.3 is 0 Å². The Morgan fingerprint density at radius 1 is 1.02 bits per heavy atom. The molecule has 0 saturated heterocycles. The number of nitrogen functional groups attached to an aromatic ring is 1. The summed E-state index contributed by atoms with van der Waals surface area (Å²) in [6, 6.07) is 7.32. The molecular formula is C27H34F2N8O4S. The maximum Gasteiger partial charge on any atom is 0.232 e. The van der Waals surface area contributed by atoms with Gasteiger partial charge in [0.1, 0.15) is 5.52 Å². The minimum absolute atomic E-state index is 0.0359. The summed E-state index contributed by atoms with van der Waals surface area (Å²) in [6.07, 6.45) is 3.44. The van der Waals surface area contributed by atoms with Crippen LogP contribution in [0.2, 0.25) is 0 Å². The van der Waals surface area contributed by atoms with Gasteiger partial charge < -0.3 is 20.9 Å². The Kier molecular flexibility index (Phi) is 12.2. The molecule has 0 amide bonds. The van der Waals surface area contributed by atoms with Crippen LogP contribution in [0.15, 0.2) is 42.7 Å². The zero-order valence-corrected chi connectivity index (χ0v) is 24.2. The second kappa shape index (κ2) is 15.8. The predicted molar refractivity (Wildman–Crippen MR) is 159 cm³/mol. The molecule has 1 aromatic carbocycles. The Labute approximate surface area is 242 Å². The van der Waals surface area contributed by atoms with E-state index in [4.69, 9.17) is 15.6 Å². The summed E-state index contributed by atoms with van der Waals surface area (Å²) in [6.45, 7) is 5.46. The van der Waals surface area contributed by atoms with Gasteiger partial charge in [0.25, 0.3) is 0 Å². The Morgan fingerprint density at radius 3 is 2.40 bits per heavy atom. The van der Waals surface area contributed by atoms with Crippen LogP contribution in [0.1, 0.15) is 26.7 Å². The number of halogens is 2. The van der Waals surface area contributed by atoms with Gasteiger partial charge in [-0.15, -0.1) is 0 Å². The lowest BCUT2D eigenvalue weighted by Crippen LogP contribution is -2.18. The second-order valence-electron chi connectivity index (χ2n) is 8.71. The highest BCUT2D eigenvalue weighted by molar-refractivity contribution is 7.92. The number of aliphatic hydroxyl groups is 1. The van der Waals surface area contributed by atoms with Gasteiger partial charge in [-0.25, -0.2) is 37.7 Å². The van der Waals surface area contributed by atoms with Gasteiger partial charge in [-0.05, 0) is 51.0 Å². The molecule has 0 atom stereocenters. The fraction of sp³-hybridized carbons (Fsp3) is 0.370. The van der Waals surface area contributed by atoms with Crippen molar-refractivity contribution < 1.29 is 27.0 Å². The molecule has 4 rings (SSSR count). The van der Waals surface area contributed by atoms with E-state index in [1.165, 1.54) is 36.7 Å². The fourth-order valence-electron chi connectivity index (χ4n) is 3.61. The number of hydrogen-bond donors (Lipinski definition) is 4. The normalized spacial score (nSPS) is 11.2. The third-order valence-corrected chi connectivity index (χ3v) is 6.95. The lowest BCUT2D eigenvalue weighted by Gasteiger charge is -2.12. The minimum atomic E-state index is -3.91. The van der Waals surface area contributed by atoms with Crippen molar-refractivity contribution in [3.05, 3.63) is 48.5 Å². The molecule has 4 aromatic rings. The van der Waals surface area contributed by atoms with Crippen LogP contribution < -0.4 is 15.8 Å². The summed E-state index contributed by atoms with van der Waals surface area (Å²) in [4.78, 5) is 21.5. The number of ether oxygens (including phenoxy) is 1. The van der Waals surface area contributed by atoms with E-state index in [0.29, 0.717) is 30.0 Å². The number of aromatic nitrogens is 5. The number of anilines is 3. The van der Waals surface area contributed by atoms with Gasteiger partial charge in [-0.3, -0.25) is 9.11 Å². The van der Waals surface area contributed by atoms with Gasteiger partial charge in [0, 0.05) is 44.3 Å². The standard InChI is InChI=1S/C23H24F2N8O3S.C4H10O/c24-8-2-11-37(35,36)33-17-5-1-4-15(19(17)25)16-6-7-18-20(30-16)21(26)32-22(31-18)14-12-28-23(29-13-14)27-9-3-10-34;1-3-5-4-2/h1,4-7,12-13,33-34H,2-3,8-11H2,(H2,26,31,32)(H,27,28,29);3-4H2,1-2H3. The van der Waals surface area contributed by atoms with Crippen LogP contribution in [-0.2, 0) is 14.8 Å². The summed E-state index contributed by atoms with van der Waals surface area (Å²) < 4.78 is 58.7. The molecule has 12 nitrogen and oxygen atoms in total. The van der Waals surface area contributed by atoms with Gasteiger partial charge in [0.05, 0.1) is 34.9 Å². The summed E-state index contributed by atoms with van der Waals surface area (Å²) >= 11 is 0. The average molecular weight is 605 g/mol. The van der Waals surface area contributed by atoms with E-state index in [9.17, 15) is 12.8 Å². The molecule has 3 aromatic heterocycles. The van der Waals surface area contributed by atoms with Crippen molar-refractivity contribution in [3.63, 3.8) is 0 Å². The summed E-state index contributed by atoms with van der Waals surface area (Å²) in [5.41, 5.74) is 7.26. The molecule has 0 saturated carbocycles. The van der Waals surface area contributed by atoms with Crippen LogP contribution in [0.3, 0.4) is 0 Å². The third-order valence-electron chi connectivity index (χ3n) is 5.59. The van der Waals surface area contributed by atoms with E-state index in [1.807, 2.05) is 13.8 Å². The highest BCUT2D eigenvalue weighted by Crippen LogP contribution is 2.30. The number of nitrogens with zero attached hydrogens (tertiary/aromatic N) is 5. The lowest BCUT2D eigenvalue weighted by atomic mass is 10.1. The first-order valence-corrected chi connectivity index (χ1v) is 14.9. The molecule has 15 heteroatoms. The number of benzene rings is 1. The molecule has 0 aliphatic heterocycles. The number of sulfonamides is 1. The van der Waals surface area contributed by atoms with Crippen LogP contribution in [-0.4, -0.2) is 77.2 Å². The fourth-order valence-corrected chi connectivity index (χ4v) is 4.69. The van der Waals surface area contributed by atoms with E-state index in [0.717, 1.165) is 13.2 Å². The monoisotopic (exact) mass is 604 g/mol. The highest BCUT2D eigenvalue weighted by atomic mass is 32.2. The van der Waals surface area contributed by atoms with Crippen LogP contribution in [0, 0.1) is 5.82 Å². The van der Waals surface area contributed by atoms with E-state index in [1.54, 1.807) is 6.07 Å². The van der Waals surface area contributed by atoms with Crippen LogP contribution >= 0.6 is 0 Å². The smallest absolute Gasteiger partial charge is 0.232 e. The maximum absolute atomic E-state index is 15.2. The summed E-state index contributed by atoms with van der Waals surface area (Å²) in [5, 5.41) is 11.8. The van der Waals surface area contributed by atoms with E-state index in [2.05, 4.69) is 35.0 Å². The van der Waals surface area contributed by atoms with Gasteiger partial charge in [0.15, 0.2) is 17.5 Å². The molecule has 226 valence electrons. The second-order valence-corrected chi connectivity index (χ2v) is 10.5. The largest absolute Gasteiger partial charge is 0.396 e. The molecule has 0 fully saturated rings. The van der Waals surface area contributed by atoms with Crippen molar-refractivity contribution in [1.29, 1.82) is 0 Å². The Balaban J connectivity index is 0.000000892. The van der Waals surface area contributed by atoms with Crippen molar-refractivity contribution in [3.8, 4) is 22.6 Å². The summed E-state index contributed by atoms with van der Waals surface area (Å²) in [7, 11) is -3.91. The highest BCUT2D eigenvalue weighted by Gasteiger charge is 2.18.